The molecule has 0 aromatic carbocycles. The fourth-order valence-corrected chi connectivity index (χ4v) is 1.35. The minimum Gasteiger partial charge on any atom is -0.340 e. The molecular formula is C7H10ClF2N3O. The number of aromatic nitrogens is 2. The predicted molar refractivity (Wildman–Crippen MR) is 46.6 cm³/mol. The molecule has 0 saturated carbocycles. The molecule has 0 aliphatic carbocycles. The predicted octanol–water partition coefficient (Wildman–Crippen LogP) is 1.47. The monoisotopic (exact) mass is 225 g/mol. The first kappa shape index (κ1) is 11.3. The van der Waals surface area contributed by atoms with Crippen LogP contribution in [0.25, 0.3) is 0 Å². The molecule has 1 aliphatic heterocycles. The van der Waals surface area contributed by atoms with Gasteiger partial charge in [0.05, 0.1) is 12.6 Å². The minimum absolute atomic E-state index is 0. The maximum Gasteiger partial charge on any atom is 0.262 e. The number of nitrogens with one attached hydrogen (secondary N) is 1. The van der Waals surface area contributed by atoms with Crippen molar-refractivity contribution < 1.29 is 13.3 Å². The van der Waals surface area contributed by atoms with Gasteiger partial charge in [-0.2, -0.15) is 4.98 Å². The van der Waals surface area contributed by atoms with E-state index in [4.69, 9.17) is 4.52 Å². The van der Waals surface area contributed by atoms with Gasteiger partial charge >= 0.3 is 0 Å². The van der Waals surface area contributed by atoms with Crippen LogP contribution in [0.1, 0.15) is 24.2 Å². The summed E-state index contributed by atoms with van der Waals surface area (Å²) in [5.41, 5.74) is 0. The molecule has 2 heterocycles. The SMILES string of the molecule is Cc1nc(C2CC(F)(F)CN2)no1.Cl. The van der Waals surface area contributed by atoms with Crippen LogP contribution in [0.2, 0.25) is 0 Å². The molecule has 14 heavy (non-hydrogen) atoms. The van der Waals surface area contributed by atoms with Gasteiger partial charge < -0.3 is 9.84 Å². The lowest BCUT2D eigenvalue weighted by molar-refractivity contribution is 0.0207. The molecule has 80 valence electrons. The standard InChI is InChI=1S/C7H9F2N3O.ClH/c1-4-11-6(12-13-4)5-2-7(8,9)3-10-5;/h5,10H,2-3H2,1H3;1H. The van der Waals surface area contributed by atoms with Gasteiger partial charge in [0, 0.05) is 13.3 Å². The largest absolute Gasteiger partial charge is 0.340 e. The van der Waals surface area contributed by atoms with Gasteiger partial charge in [-0.1, -0.05) is 5.16 Å². The summed E-state index contributed by atoms with van der Waals surface area (Å²) in [5.74, 6) is -1.94. The van der Waals surface area contributed by atoms with Crippen LogP contribution in [0.5, 0.6) is 0 Å². The van der Waals surface area contributed by atoms with Crippen LogP contribution in [-0.2, 0) is 0 Å². The second-order valence-corrected chi connectivity index (χ2v) is 3.17. The molecule has 1 N–H and O–H groups in total. The van der Waals surface area contributed by atoms with Gasteiger partial charge in [0.25, 0.3) is 5.92 Å². The van der Waals surface area contributed by atoms with E-state index >= 15 is 0 Å². The molecule has 1 aliphatic rings. The molecule has 4 nitrogen and oxygen atoms in total. The zero-order valence-electron chi connectivity index (χ0n) is 7.46. The lowest BCUT2D eigenvalue weighted by Gasteiger charge is -2.04. The number of nitrogens with zero attached hydrogens (tertiary/aromatic N) is 2. The summed E-state index contributed by atoms with van der Waals surface area (Å²) in [5, 5.41) is 6.22. The normalized spacial score (nSPS) is 24.6. The molecule has 0 bridgehead atoms. The van der Waals surface area contributed by atoms with Gasteiger partial charge in [-0.25, -0.2) is 8.78 Å². The summed E-state index contributed by atoms with van der Waals surface area (Å²) in [7, 11) is 0. The van der Waals surface area contributed by atoms with Crippen molar-refractivity contribution in [2.75, 3.05) is 6.54 Å². The van der Waals surface area contributed by atoms with Crippen LogP contribution < -0.4 is 5.32 Å². The van der Waals surface area contributed by atoms with E-state index in [1.165, 1.54) is 0 Å². The first-order valence-electron chi connectivity index (χ1n) is 3.98. The molecular weight excluding hydrogens is 216 g/mol. The van der Waals surface area contributed by atoms with E-state index in [0.29, 0.717) is 11.7 Å². The van der Waals surface area contributed by atoms with Gasteiger partial charge in [-0.05, 0) is 0 Å². The van der Waals surface area contributed by atoms with Crippen LogP contribution in [0.3, 0.4) is 0 Å². The van der Waals surface area contributed by atoms with E-state index in [9.17, 15) is 8.78 Å². The van der Waals surface area contributed by atoms with Crippen LogP contribution in [0, 0.1) is 6.92 Å². The highest BCUT2D eigenvalue weighted by Gasteiger charge is 2.41. The number of halogens is 3. The lowest BCUT2D eigenvalue weighted by atomic mass is 10.2. The van der Waals surface area contributed by atoms with E-state index in [1.807, 2.05) is 0 Å². The molecule has 0 spiro atoms. The van der Waals surface area contributed by atoms with E-state index < -0.39 is 12.0 Å². The third-order valence-electron chi connectivity index (χ3n) is 1.96. The third kappa shape index (κ3) is 2.19. The number of hydrogen-bond donors (Lipinski definition) is 1. The molecule has 2 rings (SSSR count). The number of rotatable bonds is 1. The van der Waals surface area contributed by atoms with Crippen LogP contribution in [0.4, 0.5) is 8.78 Å². The Balaban J connectivity index is 0.000000980. The molecule has 0 amide bonds. The molecule has 1 fully saturated rings. The van der Waals surface area contributed by atoms with Gasteiger partial charge in [0.1, 0.15) is 0 Å². The molecule has 1 aromatic rings. The summed E-state index contributed by atoms with van der Waals surface area (Å²) >= 11 is 0. The van der Waals surface area contributed by atoms with Crippen molar-refractivity contribution >= 4 is 12.4 Å². The zero-order chi connectivity index (χ0) is 9.47. The highest BCUT2D eigenvalue weighted by molar-refractivity contribution is 5.85. The molecule has 1 atom stereocenters. The van der Waals surface area contributed by atoms with E-state index in [-0.39, 0.29) is 25.4 Å². The van der Waals surface area contributed by atoms with Gasteiger partial charge in [0.2, 0.25) is 5.89 Å². The average Bonchev–Trinajstić information content (AvgIpc) is 2.56. The Morgan fingerprint density at radius 1 is 1.57 bits per heavy atom. The smallest absolute Gasteiger partial charge is 0.262 e. The van der Waals surface area contributed by atoms with E-state index in [0.717, 1.165) is 0 Å². The Hall–Kier alpha value is -0.750. The summed E-state index contributed by atoms with van der Waals surface area (Å²) in [6.07, 6.45) is -0.258. The zero-order valence-corrected chi connectivity index (χ0v) is 8.27. The fraction of sp³-hybridized carbons (Fsp3) is 0.714. The molecule has 1 saturated heterocycles. The van der Waals surface area contributed by atoms with Crippen molar-refractivity contribution in [3.05, 3.63) is 11.7 Å². The van der Waals surface area contributed by atoms with Crippen LogP contribution in [-0.4, -0.2) is 22.6 Å². The number of hydrogen-bond acceptors (Lipinski definition) is 4. The van der Waals surface area contributed by atoms with Crippen molar-refractivity contribution in [1.82, 2.24) is 15.5 Å². The first-order chi connectivity index (χ1) is 6.07. The minimum atomic E-state index is -2.65. The second-order valence-electron chi connectivity index (χ2n) is 3.17. The van der Waals surface area contributed by atoms with Crippen molar-refractivity contribution in [3.63, 3.8) is 0 Å². The lowest BCUT2D eigenvalue weighted by Crippen LogP contribution is -2.19. The van der Waals surface area contributed by atoms with Crippen molar-refractivity contribution in [2.45, 2.75) is 25.3 Å². The quantitative estimate of drug-likeness (QED) is 0.787. The van der Waals surface area contributed by atoms with Crippen molar-refractivity contribution in [1.29, 1.82) is 0 Å². The van der Waals surface area contributed by atoms with Crippen molar-refractivity contribution in [2.24, 2.45) is 0 Å². The maximum atomic E-state index is 12.7. The first-order valence-corrected chi connectivity index (χ1v) is 3.98. The van der Waals surface area contributed by atoms with Gasteiger partial charge in [-0.3, -0.25) is 0 Å². The Kier molecular flexibility index (Phi) is 3.06. The average molecular weight is 226 g/mol. The highest BCUT2D eigenvalue weighted by Crippen LogP contribution is 2.32. The Morgan fingerprint density at radius 2 is 2.29 bits per heavy atom. The van der Waals surface area contributed by atoms with Crippen molar-refractivity contribution in [3.8, 4) is 0 Å². The molecule has 1 unspecified atom stereocenters. The third-order valence-corrected chi connectivity index (χ3v) is 1.96. The highest BCUT2D eigenvalue weighted by atomic mass is 35.5. The van der Waals surface area contributed by atoms with E-state index in [1.54, 1.807) is 6.92 Å². The fourth-order valence-electron chi connectivity index (χ4n) is 1.35. The molecule has 1 aromatic heterocycles. The summed E-state index contributed by atoms with van der Waals surface area (Å²) < 4.78 is 30.2. The van der Waals surface area contributed by atoms with Crippen LogP contribution >= 0.6 is 12.4 Å². The van der Waals surface area contributed by atoms with Gasteiger partial charge in [-0.15, -0.1) is 12.4 Å². The summed E-state index contributed by atoms with van der Waals surface area (Å²) in [4.78, 5) is 3.88. The Labute approximate surface area is 85.5 Å². The topological polar surface area (TPSA) is 51.0 Å². The molecule has 0 radical (unpaired) electrons. The molecule has 7 heteroatoms. The summed E-state index contributed by atoms with van der Waals surface area (Å²) in [6.45, 7) is 1.31. The van der Waals surface area contributed by atoms with Gasteiger partial charge in [0.15, 0.2) is 5.82 Å². The van der Waals surface area contributed by atoms with Crippen LogP contribution in [0.15, 0.2) is 4.52 Å². The number of alkyl halides is 2. The summed E-state index contributed by atoms with van der Waals surface area (Å²) in [6, 6.07) is -0.479. The Bertz CT molecular complexity index is 318. The second kappa shape index (κ2) is 3.78. The number of aryl methyl sites for hydroxylation is 1. The maximum absolute atomic E-state index is 12.7. The van der Waals surface area contributed by atoms with E-state index in [2.05, 4.69) is 15.5 Å². The Morgan fingerprint density at radius 3 is 2.71 bits per heavy atom.